The maximum Gasteiger partial charge on any atom is 0 e. The first-order valence-corrected chi connectivity index (χ1v) is 0. The average Bonchev–Trinajstić information content (AvgIpc) is 0. The smallest absolute Gasteiger partial charge is 0 e. The molecule has 0 spiro atoms. The van der Waals surface area contributed by atoms with Crippen LogP contribution in [-0.4, -0.2) is 23.9 Å². The first kappa shape index (κ1) is 28.3. The maximum atomic E-state index is 0. The Morgan fingerprint density at radius 3 is 1.00 bits per heavy atom. The summed E-state index contributed by atoms with van der Waals surface area (Å²) in [6, 6.07) is 0. The third-order valence-corrected chi connectivity index (χ3v) is 0. The Balaban J connectivity index is 0. The van der Waals surface area contributed by atoms with Crippen molar-refractivity contribution >= 4 is 23.9 Å². The van der Waals surface area contributed by atoms with Gasteiger partial charge in [-0.2, -0.15) is 0 Å². The van der Waals surface area contributed by atoms with E-state index >= 15 is 0 Å². The quantitative estimate of drug-likeness (QED) is 0.490. The predicted octanol–water partition coefficient (Wildman–Crippen LogP) is -0.924. The van der Waals surface area contributed by atoms with Crippen LogP contribution >= 0.6 is 0 Å². The van der Waals surface area contributed by atoms with Gasteiger partial charge in [0.05, 0.1) is 0 Å². The van der Waals surface area contributed by atoms with Gasteiger partial charge < -0.3 is 0 Å². The van der Waals surface area contributed by atoms with Gasteiger partial charge in [-0.25, -0.2) is 0 Å². The van der Waals surface area contributed by atoms with E-state index in [1.807, 2.05) is 0 Å². The van der Waals surface area contributed by atoms with Crippen LogP contribution in [0, 0.1) is 0 Å². The molecule has 0 bridgehead atoms. The van der Waals surface area contributed by atoms with Gasteiger partial charge in [-0.3, -0.25) is 0 Å². The molecule has 0 aromatic rings. The second-order valence-corrected chi connectivity index (χ2v) is 0. The van der Waals surface area contributed by atoms with Crippen LogP contribution in [0.15, 0.2) is 0 Å². The molecule has 0 amide bonds. The van der Waals surface area contributed by atoms with E-state index in [1.165, 1.54) is 0 Å². The molecule has 0 unspecified atom stereocenters. The van der Waals surface area contributed by atoms with Gasteiger partial charge in [0, 0.05) is 65.7 Å². The average molecular weight is 361 g/mol. The van der Waals surface area contributed by atoms with Crippen LogP contribution in [0.5, 0.6) is 0 Å². The van der Waals surface area contributed by atoms with Gasteiger partial charge in [0.2, 0.25) is 0 Å². The Morgan fingerprint density at radius 1 is 1.00 bits per heavy atom. The fraction of sp³-hybridized carbons (Fsp3) is 0. The van der Waals surface area contributed by atoms with Crippen molar-refractivity contribution in [2.75, 3.05) is 0 Å². The molecule has 0 saturated carbocycles. The molecular formula is H2FeNbSnZr. The Labute approximate surface area is 87.9 Å². The van der Waals surface area contributed by atoms with Gasteiger partial charge in [-0.1, -0.05) is 0 Å². The minimum atomic E-state index is 0. The molecule has 0 aromatic heterocycles. The van der Waals surface area contributed by atoms with Gasteiger partial charge >= 0.3 is 23.9 Å². The fourth-order valence-corrected chi connectivity index (χ4v) is 0. The summed E-state index contributed by atoms with van der Waals surface area (Å²) in [7, 11) is 0. The Kier molecular flexibility index (Phi) is 119. The van der Waals surface area contributed by atoms with Crippen LogP contribution < -0.4 is 0 Å². The molecule has 3 radical (unpaired) electrons. The first-order chi connectivity index (χ1) is 0. The second-order valence-electron chi connectivity index (χ2n) is 0. The SMILES string of the molecule is [Fe].[Nb].[SnH2].[Zr]. The molecule has 0 aromatic carbocycles. The van der Waals surface area contributed by atoms with E-state index in [0.717, 1.165) is 0 Å². The fourth-order valence-electron chi connectivity index (χ4n) is 0. The van der Waals surface area contributed by atoms with Crippen molar-refractivity contribution in [3.63, 3.8) is 0 Å². The zero-order chi connectivity index (χ0) is 0. The van der Waals surface area contributed by atoms with Crippen LogP contribution in [0.25, 0.3) is 0 Å². The van der Waals surface area contributed by atoms with Crippen LogP contribution in [0.2, 0.25) is 0 Å². The van der Waals surface area contributed by atoms with Crippen LogP contribution in [0.1, 0.15) is 0 Å². The molecule has 0 nitrogen and oxygen atoms in total. The number of hydrogen-bond acceptors (Lipinski definition) is 0. The molecule has 0 fully saturated rings. The van der Waals surface area contributed by atoms with Gasteiger partial charge in [0.15, 0.2) is 0 Å². The summed E-state index contributed by atoms with van der Waals surface area (Å²) in [5.41, 5.74) is 0. The molecule has 4 heavy (non-hydrogen) atoms. The molecule has 0 heterocycles. The molecule has 0 N–H and O–H groups in total. The summed E-state index contributed by atoms with van der Waals surface area (Å²) in [6.45, 7) is 0. The molecule has 0 aliphatic heterocycles. The maximum absolute atomic E-state index is 0. The molecule has 0 saturated heterocycles. The van der Waals surface area contributed by atoms with Gasteiger partial charge in [0.1, 0.15) is 0 Å². The first-order valence-electron chi connectivity index (χ1n) is 0. The summed E-state index contributed by atoms with van der Waals surface area (Å²) >= 11 is 0. The Bertz CT molecular complexity index is 8.00. The largest absolute Gasteiger partial charge is 0 e. The number of rotatable bonds is 0. The van der Waals surface area contributed by atoms with Crippen LogP contribution in [0.4, 0.5) is 0 Å². The number of hydrogen-bond donors (Lipinski definition) is 0. The van der Waals surface area contributed by atoms with Crippen molar-refractivity contribution in [2.45, 2.75) is 0 Å². The van der Waals surface area contributed by atoms with Crippen molar-refractivity contribution < 1.29 is 65.7 Å². The predicted molar refractivity (Wildman–Crippen MR) is 8.54 cm³/mol. The van der Waals surface area contributed by atoms with Crippen molar-refractivity contribution in [3.05, 3.63) is 0 Å². The van der Waals surface area contributed by atoms with E-state index in [0.29, 0.717) is 0 Å². The summed E-state index contributed by atoms with van der Waals surface area (Å²) < 4.78 is 0. The van der Waals surface area contributed by atoms with Crippen molar-refractivity contribution in [1.82, 2.24) is 0 Å². The topological polar surface area (TPSA) is 0 Å². The van der Waals surface area contributed by atoms with Gasteiger partial charge in [0.25, 0.3) is 0 Å². The van der Waals surface area contributed by atoms with Crippen LogP contribution in [0.3, 0.4) is 0 Å². The zero-order valence-electron chi connectivity index (χ0n) is 2.01. The van der Waals surface area contributed by atoms with E-state index in [1.54, 1.807) is 0 Å². The third kappa shape index (κ3) is 8.87. The van der Waals surface area contributed by atoms with E-state index in [-0.39, 0.29) is 89.6 Å². The van der Waals surface area contributed by atoms with E-state index in [2.05, 4.69) is 0 Å². The molecular weight excluding hydrogens is 359 g/mol. The molecule has 4 heteroatoms. The van der Waals surface area contributed by atoms with Gasteiger partial charge in [-0.05, 0) is 0 Å². The minimum absolute atomic E-state index is 0. The standard InChI is InChI=1S/Fe.Nb.Sn.Zr.2H. The van der Waals surface area contributed by atoms with E-state index < -0.39 is 0 Å². The van der Waals surface area contributed by atoms with Gasteiger partial charge in [-0.15, -0.1) is 0 Å². The molecule has 23 valence electrons. The molecule has 0 aliphatic carbocycles. The molecule has 0 rings (SSSR count). The Morgan fingerprint density at radius 2 is 1.00 bits per heavy atom. The second kappa shape index (κ2) is 16.8. The molecule has 0 aliphatic rings. The van der Waals surface area contributed by atoms with Crippen molar-refractivity contribution in [1.29, 1.82) is 0 Å². The molecule has 0 atom stereocenters. The Hall–Kier alpha value is 2.94. The van der Waals surface area contributed by atoms with E-state index in [4.69, 9.17) is 0 Å². The summed E-state index contributed by atoms with van der Waals surface area (Å²) in [5, 5.41) is 0. The summed E-state index contributed by atoms with van der Waals surface area (Å²) in [6.07, 6.45) is 0. The normalized spacial score (nSPS) is 0. The van der Waals surface area contributed by atoms with Crippen molar-refractivity contribution in [2.24, 2.45) is 0 Å². The monoisotopic (exact) mass is 361 g/mol. The summed E-state index contributed by atoms with van der Waals surface area (Å²) in [5.74, 6) is 0. The van der Waals surface area contributed by atoms with E-state index in [9.17, 15) is 0 Å². The van der Waals surface area contributed by atoms with Crippen LogP contribution in [-0.2, 0) is 65.7 Å². The van der Waals surface area contributed by atoms with Crippen molar-refractivity contribution in [3.8, 4) is 0 Å². The third-order valence-electron chi connectivity index (χ3n) is 0. The minimum Gasteiger partial charge on any atom is 0 e. The summed E-state index contributed by atoms with van der Waals surface area (Å²) in [4.78, 5) is 0. The zero-order valence-corrected chi connectivity index (χ0v) is 11.8.